The van der Waals surface area contributed by atoms with Gasteiger partial charge in [-0.15, -0.1) is 0 Å². The van der Waals surface area contributed by atoms with E-state index in [0.29, 0.717) is 5.92 Å². The molecule has 108 valence electrons. The quantitative estimate of drug-likeness (QED) is 0.367. The monoisotopic (exact) mass is 272 g/mol. The molecular weight excluding hydrogens is 239 g/mol. The Bertz CT molecular complexity index is 166. The lowest BCUT2D eigenvalue weighted by Crippen LogP contribution is -2.28. The van der Waals surface area contributed by atoms with Crippen molar-refractivity contribution in [2.75, 3.05) is 6.61 Å². The van der Waals surface area contributed by atoms with Crippen LogP contribution in [-0.4, -0.2) is 27.4 Å². The molecule has 0 heterocycles. The Morgan fingerprint density at radius 1 is 0.944 bits per heavy atom. The molecule has 0 saturated heterocycles. The first-order valence-electron chi connectivity index (χ1n) is 7.90. The van der Waals surface area contributed by atoms with Crippen molar-refractivity contribution in [3.8, 4) is 0 Å². The Kier molecular flexibility index (Phi) is 12.8. The Balaban J connectivity index is 4.05. The topological polar surface area (TPSA) is 18.5 Å². The van der Waals surface area contributed by atoms with Gasteiger partial charge < -0.3 is 8.53 Å². The van der Waals surface area contributed by atoms with Crippen LogP contribution in [0.1, 0.15) is 66.7 Å². The van der Waals surface area contributed by atoms with Crippen LogP contribution < -0.4 is 0 Å². The second-order valence-corrected chi connectivity index (χ2v) is 8.28. The van der Waals surface area contributed by atoms with E-state index in [1.54, 1.807) is 0 Å². The minimum absolute atomic E-state index is 0.0535. The zero-order valence-corrected chi connectivity index (χ0v) is 14.4. The fourth-order valence-corrected chi connectivity index (χ4v) is 4.90. The summed E-state index contributed by atoms with van der Waals surface area (Å²) in [7, 11) is 0. The van der Waals surface area contributed by atoms with Crippen LogP contribution in [0.15, 0.2) is 0 Å². The fourth-order valence-electron chi connectivity index (χ4n) is 1.91. The molecule has 0 aromatic rings. The van der Waals surface area contributed by atoms with Crippen LogP contribution in [0.25, 0.3) is 0 Å². The highest BCUT2D eigenvalue weighted by atomic mass is 27.2. The zero-order chi connectivity index (χ0) is 13.8. The van der Waals surface area contributed by atoms with E-state index in [-0.39, 0.29) is 6.29 Å². The molecule has 0 aromatic heterocycles. The summed E-state index contributed by atoms with van der Waals surface area (Å²) >= 11 is -1.03. The number of rotatable bonds is 12. The zero-order valence-electron chi connectivity index (χ0n) is 13.2. The van der Waals surface area contributed by atoms with E-state index in [9.17, 15) is 0 Å². The Morgan fingerprint density at radius 2 is 1.50 bits per heavy atom. The minimum Gasteiger partial charge on any atom is -0.478 e. The molecule has 0 fully saturated rings. The molecule has 0 aliphatic heterocycles. The second kappa shape index (κ2) is 12.5. The van der Waals surface area contributed by atoms with Crippen LogP contribution >= 0.6 is 0 Å². The third-order valence-electron chi connectivity index (χ3n) is 3.05. The summed E-state index contributed by atoms with van der Waals surface area (Å²) in [6, 6.07) is 0. The predicted molar refractivity (Wildman–Crippen MR) is 81.1 cm³/mol. The van der Waals surface area contributed by atoms with Crippen molar-refractivity contribution in [1.29, 1.82) is 0 Å². The van der Waals surface area contributed by atoms with Crippen LogP contribution in [-0.2, 0) is 8.53 Å². The number of unbranched alkanes of at least 4 members (excludes halogenated alkanes) is 2. The van der Waals surface area contributed by atoms with Gasteiger partial charge in [-0.1, -0.05) is 70.9 Å². The first-order chi connectivity index (χ1) is 8.63. The summed E-state index contributed by atoms with van der Waals surface area (Å²) < 4.78 is 12.1. The standard InChI is InChI=1S/C7H15O2.2C4H9.Al/c1-4-7(8)9-5-6(2)3;2*1-3-4-2;/h6-7H,4-5H2,1-3H3;2*1,3-4H2,2H3;/q-1;;;+1. The SMILES string of the molecule is CCC[CH2][Al]([CH2]CCC)[O]C(CC)OCC(C)C. The van der Waals surface area contributed by atoms with Gasteiger partial charge in [-0.3, -0.25) is 0 Å². The van der Waals surface area contributed by atoms with Gasteiger partial charge in [0.05, 0.1) is 6.61 Å². The van der Waals surface area contributed by atoms with E-state index in [0.717, 1.165) is 13.0 Å². The van der Waals surface area contributed by atoms with Crippen molar-refractivity contribution in [1.82, 2.24) is 0 Å². The maximum Gasteiger partial charge on any atom is 0.462 e. The van der Waals surface area contributed by atoms with E-state index in [1.165, 1.54) is 36.2 Å². The van der Waals surface area contributed by atoms with Gasteiger partial charge >= 0.3 is 14.5 Å². The lowest BCUT2D eigenvalue weighted by Gasteiger charge is -2.23. The summed E-state index contributed by atoms with van der Waals surface area (Å²) in [5.74, 6) is 0.592. The van der Waals surface area contributed by atoms with Crippen LogP contribution in [0.4, 0.5) is 0 Å². The molecule has 0 N–H and O–H groups in total. The number of ether oxygens (including phenoxy) is 1. The summed E-state index contributed by atoms with van der Waals surface area (Å²) in [6.07, 6.45) is 6.24. The van der Waals surface area contributed by atoms with Crippen molar-refractivity contribution in [2.24, 2.45) is 5.92 Å². The van der Waals surface area contributed by atoms with E-state index >= 15 is 0 Å². The van der Waals surface area contributed by atoms with Crippen molar-refractivity contribution in [3.05, 3.63) is 0 Å². The third kappa shape index (κ3) is 10.4. The molecule has 0 aliphatic carbocycles. The minimum atomic E-state index is -1.03. The largest absolute Gasteiger partial charge is 0.478 e. The van der Waals surface area contributed by atoms with E-state index in [1.807, 2.05) is 0 Å². The molecule has 1 unspecified atom stereocenters. The maximum atomic E-state index is 6.27. The summed E-state index contributed by atoms with van der Waals surface area (Å²) in [4.78, 5) is 0. The van der Waals surface area contributed by atoms with Gasteiger partial charge in [0.1, 0.15) is 6.29 Å². The van der Waals surface area contributed by atoms with Gasteiger partial charge in [-0.25, -0.2) is 0 Å². The van der Waals surface area contributed by atoms with Crippen molar-refractivity contribution in [2.45, 2.75) is 83.6 Å². The van der Waals surface area contributed by atoms with E-state index < -0.39 is 14.5 Å². The highest BCUT2D eigenvalue weighted by Gasteiger charge is 2.23. The van der Waals surface area contributed by atoms with Crippen molar-refractivity contribution in [3.63, 3.8) is 0 Å². The highest BCUT2D eigenvalue weighted by molar-refractivity contribution is 6.51. The summed E-state index contributed by atoms with van der Waals surface area (Å²) in [5.41, 5.74) is 0. The van der Waals surface area contributed by atoms with E-state index in [4.69, 9.17) is 8.53 Å². The van der Waals surface area contributed by atoms with Gasteiger partial charge in [-0.05, 0) is 12.3 Å². The normalized spacial score (nSPS) is 13.0. The van der Waals surface area contributed by atoms with Crippen LogP contribution in [0.3, 0.4) is 0 Å². The Hall–Kier alpha value is 0.452. The molecule has 0 bridgehead atoms. The molecular formula is C15H33AlO2. The average Bonchev–Trinajstić information content (AvgIpc) is 2.36. The average molecular weight is 272 g/mol. The predicted octanol–water partition coefficient (Wildman–Crippen LogP) is 5.00. The molecule has 0 saturated carbocycles. The first-order valence-corrected chi connectivity index (χ1v) is 10.0. The van der Waals surface area contributed by atoms with Gasteiger partial charge in [-0.2, -0.15) is 0 Å². The molecule has 0 rings (SSSR count). The summed E-state index contributed by atoms with van der Waals surface area (Å²) in [6.45, 7) is 11.9. The fraction of sp³-hybridized carbons (Fsp3) is 1.00. The highest BCUT2D eigenvalue weighted by Crippen LogP contribution is 2.15. The van der Waals surface area contributed by atoms with Gasteiger partial charge in [0.15, 0.2) is 0 Å². The van der Waals surface area contributed by atoms with Crippen molar-refractivity contribution >= 4 is 14.5 Å². The maximum absolute atomic E-state index is 6.27. The molecule has 18 heavy (non-hydrogen) atoms. The Labute approximate surface area is 119 Å². The molecule has 2 nitrogen and oxygen atoms in total. The smallest absolute Gasteiger partial charge is 0.462 e. The number of hydrogen-bond donors (Lipinski definition) is 0. The van der Waals surface area contributed by atoms with E-state index in [2.05, 4.69) is 34.6 Å². The van der Waals surface area contributed by atoms with Crippen molar-refractivity contribution < 1.29 is 8.53 Å². The first kappa shape index (κ1) is 18.5. The lowest BCUT2D eigenvalue weighted by molar-refractivity contribution is -0.0931. The lowest BCUT2D eigenvalue weighted by atomic mass is 10.2. The van der Waals surface area contributed by atoms with Gasteiger partial charge in [0.2, 0.25) is 0 Å². The molecule has 0 spiro atoms. The molecule has 0 aliphatic rings. The van der Waals surface area contributed by atoms with Gasteiger partial charge in [0.25, 0.3) is 0 Å². The Morgan fingerprint density at radius 3 is 1.89 bits per heavy atom. The molecule has 0 aromatic carbocycles. The van der Waals surface area contributed by atoms with Crippen LogP contribution in [0, 0.1) is 5.92 Å². The molecule has 3 heteroatoms. The summed E-state index contributed by atoms with van der Waals surface area (Å²) in [5, 5.41) is 2.63. The molecule has 1 atom stereocenters. The van der Waals surface area contributed by atoms with Gasteiger partial charge in [0, 0.05) is 0 Å². The molecule has 0 radical (unpaired) electrons. The third-order valence-corrected chi connectivity index (χ3v) is 5.85. The second-order valence-electron chi connectivity index (χ2n) is 5.61. The molecule has 0 amide bonds. The van der Waals surface area contributed by atoms with Crippen LogP contribution in [0.2, 0.25) is 10.6 Å². The van der Waals surface area contributed by atoms with Crippen LogP contribution in [0.5, 0.6) is 0 Å². The number of hydrogen-bond acceptors (Lipinski definition) is 2.